The molecule has 16 heavy (non-hydrogen) atoms. The molecule has 0 amide bonds. The molecule has 88 valence electrons. The second kappa shape index (κ2) is 4.10. The van der Waals surface area contributed by atoms with Gasteiger partial charge in [0.05, 0.1) is 0 Å². The SMILES string of the molecule is Cc1cc(C)c(OC2(C)CCNC2)cc1C. The Bertz CT molecular complexity index is 392. The fourth-order valence-corrected chi connectivity index (χ4v) is 2.19. The van der Waals surface area contributed by atoms with Crippen molar-refractivity contribution in [1.82, 2.24) is 5.32 Å². The molecule has 1 aromatic rings. The quantitative estimate of drug-likeness (QED) is 0.826. The maximum Gasteiger partial charge on any atom is 0.123 e. The molecule has 2 heteroatoms. The van der Waals surface area contributed by atoms with Gasteiger partial charge in [0.25, 0.3) is 0 Å². The second-order valence-corrected chi connectivity index (χ2v) is 5.18. The lowest BCUT2D eigenvalue weighted by atomic mass is 10.0. The van der Waals surface area contributed by atoms with Gasteiger partial charge in [0, 0.05) is 13.0 Å². The topological polar surface area (TPSA) is 21.3 Å². The third-order valence-corrected chi connectivity index (χ3v) is 3.48. The third-order valence-electron chi connectivity index (χ3n) is 3.48. The second-order valence-electron chi connectivity index (χ2n) is 5.18. The summed E-state index contributed by atoms with van der Waals surface area (Å²) in [5.41, 5.74) is 3.83. The van der Waals surface area contributed by atoms with Crippen molar-refractivity contribution in [3.05, 3.63) is 28.8 Å². The van der Waals surface area contributed by atoms with Crippen LogP contribution in [0.1, 0.15) is 30.0 Å². The largest absolute Gasteiger partial charge is 0.486 e. The van der Waals surface area contributed by atoms with Gasteiger partial charge in [0.1, 0.15) is 11.4 Å². The van der Waals surface area contributed by atoms with E-state index in [9.17, 15) is 0 Å². The van der Waals surface area contributed by atoms with Crippen LogP contribution < -0.4 is 10.1 Å². The van der Waals surface area contributed by atoms with Gasteiger partial charge in [-0.2, -0.15) is 0 Å². The molecule has 1 aliphatic heterocycles. The molecule has 1 aliphatic rings. The molecule has 1 N–H and O–H groups in total. The van der Waals surface area contributed by atoms with Crippen LogP contribution in [0.4, 0.5) is 0 Å². The molecule has 0 spiro atoms. The molecule has 0 aromatic heterocycles. The molecule has 1 unspecified atom stereocenters. The number of ether oxygens (including phenoxy) is 1. The fraction of sp³-hybridized carbons (Fsp3) is 0.571. The van der Waals surface area contributed by atoms with E-state index in [-0.39, 0.29) is 5.60 Å². The van der Waals surface area contributed by atoms with E-state index in [0.717, 1.165) is 25.3 Å². The highest BCUT2D eigenvalue weighted by molar-refractivity contribution is 5.41. The predicted octanol–water partition coefficient (Wildman–Crippen LogP) is 2.74. The fourth-order valence-electron chi connectivity index (χ4n) is 2.19. The molecule has 0 radical (unpaired) electrons. The number of aryl methyl sites for hydroxylation is 3. The van der Waals surface area contributed by atoms with Gasteiger partial charge in [0.2, 0.25) is 0 Å². The van der Waals surface area contributed by atoms with Gasteiger partial charge >= 0.3 is 0 Å². The maximum atomic E-state index is 6.17. The molecule has 1 atom stereocenters. The van der Waals surface area contributed by atoms with E-state index < -0.39 is 0 Å². The van der Waals surface area contributed by atoms with Gasteiger partial charge in [-0.3, -0.25) is 0 Å². The summed E-state index contributed by atoms with van der Waals surface area (Å²) in [6.45, 7) is 10.6. The Labute approximate surface area is 98.0 Å². The van der Waals surface area contributed by atoms with Crippen molar-refractivity contribution in [3.8, 4) is 5.75 Å². The minimum absolute atomic E-state index is 0.0353. The molecular weight excluding hydrogens is 198 g/mol. The van der Waals surface area contributed by atoms with Crippen LogP contribution >= 0.6 is 0 Å². The molecule has 2 rings (SSSR count). The number of nitrogens with one attached hydrogen (secondary N) is 1. The van der Waals surface area contributed by atoms with Crippen LogP contribution in [0.25, 0.3) is 0 Å². The Balaban J connectivity index is 2.24. The van der Waals surface area contributed by atoms with Crippen molar-refractivity contribution in [3.63, 3.8) is 0 Å². The lowest BCUT2D eigenvalue weighted by Crippen LogP contribution is -2.34. The molecule has 1 fully saturated rings. The number of benzene rings is 1. The summed E-state index contributed by atoms with van der Waals surface area (Å²) in [5.74, 6) is 1.04. The molecule has 2 nitrogen and oxygen atoms in total. The van der Waals surface area contributed by atoms with E-state index in [2.05, 4.69) is 45.1 Å². The Kier molecular flexibility index (Phi) is 2.94. The average Bonchev–Trinajstić information content (AvgIpc) is 2.62. The highest BCUT2D eigenvalue weighted by Crippen LogP contribution is 2.28. The number of hydrogen-bond acceptors (Lipinski definition) is 2. The van der Waals surface area contributed by atoms with Gasteiger partial charge in [-0.1, -0.05) is 6.07 Å². The maximum absolute atomic E-state index is 6.17. The Morgan fingerprint density at radius 1 is 1.12 bits per heavy atom. The standard InChI is InChI=1S/C14H21NO/c1-10-7-12(3)13(8-11(10)2)16-14(4)5-6-15-9-14/h7-8,15H,5-6,9H2,1-4H3. The zero-order valence-corrected chi connectivity index (χ0v) is 10.7. The van der Waals surface area contributed by atoms with Crippen molar-refractivity contribution in [2.75, 3.05) is 13.1 Å². The lowest BCUT2D eigenvalue weighted by molar-refractivity contribution is 0.110. The molecule has 1 saturated heterocycles. The number of hydrogen-bond donors (Lipinski definition) is 1. The first-order valence-corrected chi connectivity index (χ1v) is 5.98. The normalized spacial score (nSPS) is 24.8. The summed E-state index contributed by atoms with van der Waals surface area (Å²) in [4.78, 5) is 0. The van der Waals surface area contributed by atoms with Crippen LogP contribution in [-0.4, -0.2) is 18.7 Å². The summed E-state index contributed by atoms with van der Waals surface area (Å²) in [5, 5.41) is 3.35. The van der Waals surface area contributed by atoms with Gasteiger partial charge < -0.3 is 10.1 Å². The van der Waals surface area contributed by atoms with Crippen LogP contribution in [-0.2, 0) is 0 Å². The van der Waals surface area contributed by atoms with Crippen molar-refractivity contribution >= 4 is 0 Å². The first kappa shape index (κ1) is 11.5. The Morgan fingerprint density at radius 3 is 2.44 bits per heavy atom. The Morgan fingerprint density at radius 2 is 1.81 bits per heavy atom. The Hall–Kier alpha value is -1.02. The average molecular weight is 219 g/mol. The van der Waals surface area contributed by atoms with Crippen molar-refractivity contribution in [1.29, 1.82) is 0 Å². The first-order chi connectivity index (χ1) is 7.50. The van der Waals surface area contributed by atoms with Gasteiger partial charge in [-0.15, -0.1) is 0 Å². The molecule has 0 bridgehead atoms. The molecule has 0 aliphatic carbocycles. The summed E-state index contributed by atoms with van der Waals surface area (Å²) in [6.07, 6.45) is 1.08. The van der Waals surface area contributed by atoms with E-state index in [1.807, 2.05) is 0 Å². The monoisotopic (exact) mass is 219 g/mol. The van der Waals surface area contributed by atoms with Crippen molar-refractivity contribution < 1.29 is 4.74 Å². The molecular formula is C14H21NO. The predicted molar refractivity (Wildman–Crippen MR) is 67.2 cm³/mol. The van der Waals surface area contributed by atoms with Crippen LogP contribution in [0.2, 0.25) is 0 Å². The van der Waals surface area contributed by atoms with Crippen LogP contribution in [0, 0.1) is 20.8 Å². The van der Waals surface area contributed by atoms with Crippen LogP contribution in [0.15, 0.2) is 12.1 Å². The summed E-state index contributed by atoms with van der Waals surface area (Å²) in [7, 11) is 0. The van der Waals surface area contributed by atoms with E-state index in [1.54, 1.807) is 0 Å². The van der Waals surface area contributed by atoms with Gasteiger partial charge in [0.15, 0.2) is 0 Å². The molecule has 1 heterocycles. The summed E-state index contributed by atoms with van der Waals surface area (Å²) < 4.78 is 6.17. The van der Waals surface area contributed by atoms with Crippen molar-refractivity contribution in [2.45, 2.75) is 39.7 Å². The summed E-state index contributed by atoms with van der Waals surface area (Å²) in [6, 6.07) is 4.37. The van der Waals surface area contributed by atoms with Gasteiger partial charge in [-0.05, 0) is 57.0 Å². The highest BCUT2D eigenvalue weighted by atomic mass is 16.5. The zero-order chi connectivity index (χ0) is 11.8. The van der Waals surface area contributed by atoms with Crippen LogP contribution in [0.3, 0.4) is 0 Å². The van der Waals surface area contributed by atoms with E-state index in [1.165, 1.54) is 16.7 Å². The highest BCUT2D eigenvalue weighted by Gasteiger charge is 2.30. The summed E-state index contributed by atoms with van der Waals surface area (Å²) >= 11 is 0. The van der Waals surface area contributed by atoms with E-state index >= 15 is 0 Å². The number of rotatable bonds is 2. The molecule has 1 aromatic carbocycles. The minimum Gasteiger partial charge on any atom is -0.486 e. The smallest absolute Gasteiger partial charge is 0.123 e. The van der Waals surface area contributed by atoms with Crippen molar-refractivity contribution in [2.24, 2.45) is 0 Å². The van der Waals surface area contributed by atoms with E-state index in [4.69, 9.17) is 4.74 Å². The minimum atomic E-state index is -0.0353. The first-order valence-electron chi connectivity index (χ1n) is 5.98. The third kappa shape index (κ3) is 2.22. The van der Waals surface area contributed by atoms with Gasteiger partial charge in [-0.25, -0.2) is 0 Å². The van der Waals surface area contributed by atoms with E-state index in [0.29, 0.717) is 0 Å². The lowest BCUT2D eigenvalue weighted by Gasteiger charge is -2.26. The zero-order valence-electron chi connectivity index (χ0n) is 10.7. The molecule has 0 saturated carbocycles. The van der Waals surface area contributed by atoms with Crippen LogP contribution in [0.5, 0.6) is 5.75 Å².